The molecule has 1 saturated carbocycles. The SMILES string of the molecule is c1ccc(C2(c3ccc(N(c4ccc(-c5ccc6ccccc6c5)cc4)c4ccc(-c5ccc6ccccc6c5)cc4)cc3)CCCCCCC2)cc1. The molecule has 8 aromatic carbocycles. The van der Waals surface area contributed by atoms with Crippen LogP contribution in [0.1, 0.15) is 56.1 Å². The van der Waals surface area contributed by atoms with Crippen molar-refractivity contribution in [3.63, 3.8) is 0 Å². The van der Waals surface area contributed by atoms with E-state index >= 15 is 0 Å². The molecule has 0 aromatic heterocycles. The molecule has 258 valence electrons. The fourth-order valence-electron chi connectivity index (χ4n) is 8.73. The first-order chi connectivity index (χ1) is 26.2. The number of benzene rings is 8. The Kier molecular flexibility index (Phi) is 9.08. The molecule has 0 unspecified atom stereocenters. The lowest BCUT2D eigenvalue weighted by molar-refractivity contribution is 0.366. The Hall–Kier alpha value is -5.92. The topological polar surface area (TPSA) is 3.24 Å². The summed E-state index contributed by atoms with van der Waals surface area (Å²) < 4.78 is 0. The smallest absolute Gasteiger partial charge is 0.0462 e. The van der Waals surface area contributed by atoms with E-state index in [-0.39, 0.29) is 5.41 Å². The number of anilines is 3. The highest BCUT2D eigenvalue weighted by atomic mass is 15.1. The molecule has 1 fully saturated rings. The van der Waals surface area contributed by atoms with E-state index in [1.165, 1.54) is 106 Å². The minimum atomic E-state index is 0.0497. The van der Waals surface area contributed by atoms with E-state index in [9.17, 15) is 0 Å². The molecule has 0 bridgehead atoms. The van der Waals surface area contributed by atoms with E-state index in [0.717, 1.165) is 11.4 Å². The van der Waals surface area contributed by atoms with Crippen LogP contribution in [-0.2, 0) is 5.41 Å². The molecule has 0 radical (unpaired) electrons. The van der Waals surface area contributed by atoms with Crippen LogP contribution in [0.5, 0.6) is 0 Å². The fraction of sp³-hybridized carbons (Fsp3) is 0.154. The Morgan fingerprint density at radius 1 is 0.302 bits per heavy atom. The molecule has 0 saturated heterocycles. The lowest BCUT2D eigenvalue weighted by Gasteiger charge is -2.37. The van der Waals surface area contributed by atoms with E-state index in [2.05, 4.69) is 193 Å². The molecule has 1 aliphatic carbocycles. The Morgan fingerprint density at radius 3 is 1.17 bits per heavy atom. The molecule has 0 spiro atoms. The van der Waals surface area contributed by atoms with Crippen LogP contribution in [-0.4, -0.2) is 0 Å². The summed E-state index contributed by atoms with van der Waals surface area (Å²) in [6.45, 7) is 0. The molecule has 0 aliphatic heterocycles. The van der Waals surface area contributed by atoms with Crippen LogP contribution in [0.2, 0.25) is 0 Å². The van der Waals surface area contributed by atoms with Crippen LogP contribution in [0.4, 0.5) is 17.1 Å². The van der Waals surface area contributed by atoms with Gasteiger partial charge >= 0.3 is 0 Å². The summed E-state index contributed by atoms with van der Waals surface area (Å²) >= 11 is 0. The zero-order chi connectivity index (χ0) is 35.5. The first-order valence-corrected chi connectivity index (χ1v) is 19.4. The van der Waals surface area contributed by atoms with Crippen molar-refractivity contribution in [2.24, 2.45) is 0 Å². The second kappa shape index (κ2) is 14.6. The number of fused-ring (bicyclic) bond motifs is 2. The van der Waals surface area contributed by atoms with Crippen molar-refractivity contribution in [1.29, 1.82) is 0 Å². The Bertz CT molecular complexity index is 2330. The molecule has 1 nitrogen and oxygen atoms in total. The quantitative estimate of drug-likeness (QED) is 0.162. The van der Waals surface area contributed by atoms with Crippen LogP contribution in [0.3, 0.4) is 0 Å². The summed E-state index contributed by atoms with van der Waals surface area (Å²) in [7, 11) is 0. The van der Waals surface area contributed by atoms with Crippen molar-refractivity contribution in [2.75, 3.05) is 4.90 Å². The molecular formula is C52H45N. The van der Waals surface area contributed by atoms with Crippen LogP contribution in [0, 0.1) is 0 Å². The van der Waals surface area contributed by atoms with Crippen LogP contribution in [0.15, 0.2) is 188 Å². The second-order valence-corrected chi connectivity index (χ2v) is 14.8. The van der Waals surface area contributed by atoms with Gasteiger partial charge in [-0.25, -0.2) is 0 Å². The summed E-state index contributed by atoms with van der Waals surface area (Å²) in [4.78, 5) is 2.41. The van der Waals surface area contributed by atoms with Gasteiger partial charge in [0.2, 0.25) is 0 Å². The Morgan fingerprint density at radius 2 is 0.679 bits per heavy atom. The molecule has 1 heteroatoms. The average molecular weight is 684 g/mol. The summed E-state index contributed by atoms with van der Waals surface area (Å²) in [5.74, 6) is 0. The maximum atomic E-state index is 2.42. The molecule has 0 N–H and O–H groups in total. The van der Waals surface area contributed by atoms with Gasteiger partial charge in [0.25, 0.3) is 0 Å². The van der Waals surface area contributed by atoms with Gasteiger partial charge in [-0.15, -0.1) is 0 Å². The van der Waals surface area contributed by atoms with E-state index in [4.69, 9.17) is 0 Å². The van der Waals surface area contributed by atoms with Gasteiger partial charge in [-0.05, 0) is 116 Å². The second-order valence-electron chi connectivity index (χ2n) is 14.8. The zero-order valence-electron chi connectivity index (χ0n) is 30.3. The zero-order valence-corrected chi connectivity index (χ0v) is 30.3. The maximum Gasteiger partial charge on any atom is 0.0462 e. The van der Waals surface area contributed by atoms with Gasteiger partial charge < -0.3 is 4.90 Å². The van der Waals surface area contributed by atoms with E-state index in [1.54, 1.807) is 0 Å². The van der Waals surface area contributed by atoms with Crippen LogP contribution >= 0.6 is 0 Å². The molecule has 0 amide bonds. The van der Waals surface area contributed by atoms with Gasteiger partial charge in [0.1, 0.15) is 0 Å². The summed E-state index contributed by atoms with van der Waals surface area (Å²) in [6, 6.07) is 69.7. The molecule has 0 atom stereocenters. The largest absolute Gasteiger partial charge is 0.311 e. The van der Waals surface area contributed by atoms with Crippen molar-refractivity contribution in [3.05, 3.63) is 199 Å². The third-order valence-corrected chi connectivity index (χ3v) is 11.6. The third kappa shape index (κ3) is 6.64. The predicted molar refractivity (Wildman–Crippen MR) is 227 cm³/mol. The van der Waals surface area contributed by atoms with Gasteiger partial charge in [0.05, 0.1) is 0 Å². The van der Waals surface area contributed by atoms with E-state index < -0.39 is 0 Å². The third-order valence-electron chi connectivity index (χ3n) is 11.6. The van der Waals surface area contributed by atoms with Gasteiger partial charge in [-0.2, -0.15) is 0 Å². The van der Waals surface area contributed by atoms with Gasteiger partial charge in [0.15, 0.2) is 0 Å². The molecule has 1 aliphatic rings. The van der Waals surface area contributed by atoms with Gasteiger partial charge in [0, 0.05) is 22.5 Å². The molecule has 8 aromatic rings. The summed E-state index contributed by atoms with van der Waals surface area (Å²) in [5.41, 5.74) is 11.3. The van der Waals surface area contributed by atoms with E-state index in [0.29, 0.717) is 0 Å². The number of hydrogen-bond acceptors (Lipinski definition) is 1. The lowest BCUT2D eigenvalue weighted by Crippen LogP contribution is -2.29. The highest BCUT2D eigenvalue weighted by Gasteiger charge is 2.34. The summed E-state index contributed by atoms with van der Waals surface area (Å²) in [5, 5.41) is 5.06. The number of rotatable bonds is 7. The normalized spacial score (nSPS) is 14.4. The molecule has 0 heterocycles. The molecule has 53 heavy (non-hydrogen) atoms. The number of hydrogen-bond donors (Lipinski definition) is 0. The molecular weight excluding hydrogens is 639 g/mol. The van der Waals surface area contributed by atoms with Gasteiger partial charge in [-0.3, -0.25) is 0 Å². The standard InChI is InChI=1S/C52H45N/c1-2-11-35-52(36-12-3-1,47-17-5-4-6-18-47)48-27-33-51(34-28-48)53(49-29-23-41(24-30-49)45-21-19-39-13-7-9-15-43(39)37-45)50-31-25-42(26-32-50)46-22-20-40-14-8-10-16-44(40)38-46/h4-10,13-34,37-38H,1-3,11-12,35-36H2. The first-order valence-electron chi connectivity index (χ1n) is 19.4. The average Bonchev–Trinajstić information content (AvgIpc) is 3.22. The van der Waals surface area contributed by atoms with Gasteiger partial charge in [-0.1, -0.05) is 172 Å². The maximum absolute atomic E-state index is 2.42. The highest BCUT2D eigenvalue weighted by Crippen LogP contribution is 2.45. The van der Waals surface area contributed by atoms with Crippen molar-refractivity contribution < 1.29 is 0 Å². The minimum Gasteiger partial charge on any atom is -0.311 e. The van der Waals surface area contributed by atoms with Crippen LogP contribution < -0.4 is 4.90 Å². The van der Waals surface area contributed by atoms with Crippen molar-refractivity contribution in [1.82, 2.24) is 0 Å². The van der Waals surface area contributed by atoms with Crippen molar-refractivity contribution >= 4 is 38.6 Å². The van der Waals surface area contributed by atoms with Crippen molar-refractivity contribution in [2.45, 2.75) is 50.4 Å². The predicted octanol–water partition coefficient (Wildman–Crippen LogP) is 14.8. The van der Waals surface area contributed by atoms with E-state index in [1.807, 2.05) is 0 Å². The Balaban J connectivity index is 1.10. The Labute approximate surface area is 314 Å². The first kappa shape index (κ1) is 33.0. The fourth-order valence-corrected chi connectivity index (χ4v) is 8.73. The summed E-state index contributed by atoms with van der Waals surface area (Å²) in [6.07, 6.45) is 8.96. The van der Waals surface area contributed by atoms with Crippen LogP contribution in [0.25, 0.3) is 43.8 Å². The minimum absolute atomic E-state index is 0.0497. The lowest BCUT2D eigenvalue weighted by atomic mass is 9.67. The number of nitrogens with zero attached hydrogens (tertiary/aromatic N) is 1. The molecule has 9 rings (SSSR count). The highest BCUT2D eigenvalue weighted by molar-refractivity contribution is 5.89. The monoisotopic (exact) mass is 683 g/mol. The van der Waals surface area contributed by atoms with Crippen molar-refractivity contribution in [3.8, 4) is 22.3 Å².